The molecule has 1 rings (SSSR count). The number of benzene rings is 1. The summed E-state index contributed by atoms with van der Waals surface area (Å²) in [5.74, 6) is 0. The molecule has 0 bridgehead atoms. The molecule has 1 aromatic carbocycles. The van der Waals surface area contributed by atoms with Gasteiger partial charge in [0, 0.05) is 0 Å². The van der Waals surface area contributed by atoms with Crippen LogP contribution in [0.3, 0.4) is 0 Å². The summed E-state index contributed by atoms with van der Waals surface area (Å²) >= 11 is 0. The van der Waals surface area contributed by atoms with Crippen LogP contribution in [0.5, 0.6) is 0 Å². The van der Waals surface area contributed by atoms with Gasteiger partial charge in [-0.15, -0.1) is 0 Å². The van der Waals surface area contributed by atoms with E-state index in [2.05, 4.69) is 5.32 Å². The predicted molar refractivity (Wildman–Crippen MR) is 66.1 cm³/mol. The second-order valence-electron chi connectivity index (χ2n) is 4.26. The van der Waals surface area contributed by atoms with Crippen LogP contribution in [0.15, 0.2) is 29.2 Å². The van der Waals surface area contributed by atoms with Crippen LogP contribution >= 0.6 is 0 Å². The van der Waals surface area contributed by atoms with E-state index in [9.17, 15) is 8.42 Å². The molecule has 90 valence electrons. The molecule has 0 saturated carbocycles. The van der Waals surface area contributed by atoms with Gasteiger partial charge in [0.05, 0.1) is 4.90 Å². The molecule has 16 heavy (non-hydrogen) atoms. The lowest BCUT2D eigenvalue weighted by molar-refractivity contribution is 0.510. The summed E-state index contributed by atoms with van der Waals surface area (Å²) in [4.78, 5) is -0.579. The van der Waals surface area contributed by atoms with E-state index in [4.69, 9.17) is 0 Å². The van der Waals surface area contributed by atoms with Crippen LogP contribution < -0.4 is 5.32 Å². The molecule has 3 nitrogen and oxygen atoms in total. The van der Waals surface area contributed by atoms with E-state index in [0.717, 1.165) is 12.0 Å². The Morgan fingerprint density at radius 3 is 2.06 bits per heavy atom. The molecule has 1 aromatic rings. The van der Waals surface area contributed by atoms with Gasteiger partial charge < -0.3 is 5.32 Å². The van der Waals surface area contributed by atoms with E-state index in [-0.39, 0.29) is 0 Å². The van der Waals surface area contributed by atoms with Crippen LogP contribution in [0, 0.1) is 0 Å². The van der Waals surface area contributed by atoms with Crippen LogP contribution in [0.4, 0.5) is 0 Å². The number of hydrogen-bond acceptors (Lipinski definition) is 3. The van der Waals surface area contributed by atoms with E-state index in [1.807, 2.05) is 19.1 Å². The Morgan fingerprint density at radius 1 is 1.19 bits per heavy atom. The van der Waals surface area contributed by atoms with Gasteiger partial charge in [0.25, 0.3) is 0 Å². The molecule has 0 spiro atoms. The minimum absolute atomic E-state index is 0.365. The Morgan fingerprint density at radius 2 is 1.69 bits per heavy atom. The maximum absolute atomic E-state index is 12.2. The Bertz CT molecular complexity index is 446. The molecular weight excluding hydrogens is 222 g/mol. The van der Waals surface area contributed by atoms with Crippen molar-refractivity contribution in [1.29, 1.82) is 0 Å². The maximum Gasteiger partial charge on any atom is 0.196 e. The average molecular weight is 241 g/mol. The number of sulfone groups is 1. The molecule has 4 heteroatoms. The standard InChI is InChI=1S/C12H19NO2S/c1-5-10-6-8-11(9-7-10)16(14,15)12(2,3)13-4/h6-9,13H,5H2,1-4H3. The largest absolute Gasteiger partial charge is 0.302 e. The first-order chi connectivity index (χ1) is 7.35. The highest BCUT2D eigenvalue weighted by Gasteiger charge is 2.33. The van der Waals surface area contributed by atoms with Gasteiger partial charge in [0.2, 0.25) is 0 Å². The van der Waals surface area contributed by atoms with E-state index in [1.165, 1.54) is 0 Å². The van der Waals surface area contributed by atoms with Gasteiger partial charge in [-0.3, -0.25) is 0 Å². The van der Waals surface area contributed by atoms with Gasteiger partial charge in [0.15, 0.2) is 9.84 Å². The van der Waals surface area contributed by atoms with Crippen molar-refractivity contribution in [2.45, 2.75) is 37.0 Å². The molecule has 0 aliphatic heterocycles. The van der Waals surface area contributed by atoms with Crippen LogP contribution in [-0.2, 0) is 16.3 Å². The molecule has 0 amide bonds. The van der Waals surface area contributed by atoms with E-state index in [0.29, 0.717) is 4.90 Å². The van der Waals surface area contributed by atoms with Crippen LogP contribution in [0.1, 0.15) is 26.3 Å². The average Bonchev–Trinajstić information content (AvgIpc) is 2.29. The second kappa shape index (κ2) is 4.55. The zero-order valence-corrected chi connectivity index (χ0v) is 11.1. The van der Waals surface area contributed by atoms with E-state index in [1.54, 1.807) is 33.0 Å². The normalized spacial score (nSPS) is 12.8. The fourth-order valence-electron chi connectivity index (χ4n) is 1.33. The molecule has 0 aliphatic rings. The number of rotatable bonds is 4. The van der Waals surface area contributed by atoms with Gasteiger partial charge >= 0.3 is 0 Å². The Hall–Kier alpha value is -0.870. The van der Waals surface area contributed by atoms with Crippen molar-refractivity contribution in [3.63, 3.8) is 0 Å². The zero-order valence-electron chi connectivity index (χ0n) is 10.2. The van der Waals surface area contributed by atoms with E-state index < -0.39 is 14.7 Å². The quantitative estimate of drug-likeness (QED) is 0.876. The monoisotopic (exact) mass is 241 g/mol. The zero-order chi connectivity index (χ0) is 12.4. The van der Waals surface area contributed by atoms with Crippen LogP contribution in [-0.4, -0.2) is 20.3 Å². The van der Waals surface area contributed by atoms with Crippen molar-refractivity contribution in [2.24, 2.45) is 0 Å². The third-order valence-corrected chi connectivity index (χ3v) is 5.36. The minimum atomic E-state index is -3.32. The number of nitrogens with one attached hydrogen (secondary N) is 1. The molecule has 0 heterocycles. The number of aryl methyl sites for hydroxylation is 1. The first-order valence-corrected chi connectivity index (χ1v) is 6.86. The fourth-order valence-corrected chi connectivity index (χ4v) is 2.69. The Labute approximate surface area is 97.8 Å². The topological polar surface area (TPSA) is 46.2 Å². The highest BCUT2D eigenvalue weighted by atomic mass is 32.2. The molecule has 0 radical (unpaired) electrons. The lowest BCUT2D eigenvalue weighted by Crippen LogP contribution is -2.44. The molecule has 0 fully saturated rings. The number of hydrogen-bond donors (Lipinski definition) is 1. The molecule has 0 aromatic heterocycles. The van der Waals surface area contributed by atoms with Crippen molar-refractivity contribution in [2.75, 3.05) is 7.05 Å². The first kappa shape index (κ1) is 13.2. The summed E-state index contributed by atoms with van der Waals surface area (Å²) < 4.78 is 24.4. The van der Waals surface area contributed by atoms with E-state index >= 15 is 0 Å². The molecule has 0 atom stereocenters. The SMILES string of the molecule is CCc1ccc(S(=O)(=O)C(C)(C)NC)cc1. The third-order valence-electron chi connectivity index (χ3n) is 2.92. The van der Waals surface area contributed by atoms with Gasteiger partial charge in [-0.1, -0.05) is 19.1 Å². The molecule has 0 aliphatic carbocycles. The van der Waals surface area contributed by atoms with Gasteiger partial charge in [-0.25, -0.2) is 8.42 Å². The van der Waals surface area contributed by atoms with Gasteiger partial charge in [0.1, 0.15) is 4.87 Å². The molecular formula is C12H19NO2S. The Kier molecular flexibility index (Phi) is 3.76. The minimum Gasteiger partial charge on any atom is -0.302 e. The van der Waals surface area contributed by atoms with Crippen LogP contribution in [0.2, 0.25) is 0 Å². The third kappa shape index (κ3) is 2.28. The lowest BCUT2D eigenvalue weighted by Gasteiger charge is -2.24. The van der Waals surface area contributed by atoms with Crippen molar-refractivity contribution in [3.05, 3.63) is 29.8 Å². The molecule has 1 N–H and O–H groups in total. The summed E-state index contributed by atoms with van der Waals surface area (Å²) in [6.45, 7) is 5.37. The van der Waals surface area contributed by atoms with Gasteiger partial charge in [-0.2, -0.15) is 0 Å². The van der Waals surface area contributed by atoms with Crippen molar-refractivity contribution >= 4 is 9.84 Å². The summed E-state index contributed by atoms with van der Waals surface area (Å²) in [6, 6.07) is 7.07. The highest BCUT2D eigenvalue weighted by molar-refractivity contribution is 7.92. The summed E-state index contributed by atoms with van der Waals surface area (Å²) in [6.07, 6.45) is 0.912. The molecule has 0 saturated heterocycles. The van der Waals surface area contributed by atoms with Gasteiger partial charge in [-0.05, 0) is 45.0 Å². The van der Waals surface area contributed by atoms with Crippen molar-refractivity contribution in [3.8, 4) is 0 Å². The predicted octanol–water partition coefficient (Wildman–Crippen LogP) is 1.98. The first-order valence-electron chi connectivity index (χ1n) is 5.37. The fraction of sp³-hybridized carbons (Fsp3) is 0.500. The lowest BCUT2D eigenvalue weighted by atomic mass is 10.2. The molecule has 0 unspecified atom stereocenters. The summed E-state index contributed by atoms with van der Waals surface area (Å²) in [5, 5.41) is 2.82. The highest BCUT2D eigenvalue weighted by Crippen LogP contribution is 2.22. The maximum atomic E-state index is 12.2. The van der Waals surface area contributed by atoms with Crippen LogP contribution in [0.25, 0.3) is 0 Å². The summed E-state index contributed by atoms with van der Waals surface area (Å²) in [5.41, 5.74) is 1.14. The summed E-state index contributed by atoms with van der Waals surface area (Å²) in [7, 11) is -1.67. The van der Waals surface area contributed by atoms with Crippen molar-refractivity contribution in [1.82, 2.24) is 5.32 Å². The Balaban J connectivity index is 3.18. The smallest absolute Gasteiger partial charge is 0.196 e. The van der Waals surface area contributed by atoms with Crippen molar-refractivity contribution < 1.29 is 8.42 Å². The second-order valence-corrected chi connectivity index (χ2v) is 6.76.